The molecular formula is C16H13FN4O2. The van der Waals surface area contributed by atoms with E-state index in [4.69, 9.17) is 4.74 Å². The highest BCUT2D eigenvalue weighted by atomic mass is 19.1. The summed E-state index contributed by atoms with van der Waals surface area (Å²) in [6, 6.07) is 13.0. The quantitative estimate of drug-likeness (QED) is 0.715. The second-order valence-electron chi connectivity index (χ2n) is 4.68. The molecule has 1 aromatic heterocycles. The van der Waals surface area contributed by atoms with E-state index in [2.05, 4.69) is 20.4 Å². The number of ether oxygens (including phenoxy) is 1. The molecule has 0 aliphatic carbocycles. The van der Waals surface area contributed by atoms with Crippen LogP contribution in [0.2, 0.25) is 0 Å². The molecule has 0 spiro atoms. The number of nitrogens with zero attached hydrogens (tertiary/aromatic N) is 2. The van der Waals surface area contributed by atoms with Crippen molar-refractivity contribution in [3.05, 3.63) is 64.7 Å². The highest BCUT2D eigenvalue weighted by Crippen LogP contribution is 2.28. The van der Waals surface area contributed by atoms with Crippen LogP contribution in [0.25, 0.3) is 11.3 Å². The van der Waals surface area contributed by atoms with Gasteiger partial charge in [-0.2, -0.15) is 0 Å². The number of aromatic nitrogens is 2. The van der Waals surface area contributed by atoms with Gasteiger partial charge >= 0.3 is 0 Å². The largest absolute Gasteiger partial charge is 0.497 e. The molecule has 6 nitrogen and oxygen atoms in total. The van der Waals surface area contributed by atoms with Crippen LogP contribution in [0.5, 0.6) is 5.75 Å². The van der Waals surface area contributed by atoms with Crippen LogP contribution in [-0.2, 0) is 0 Å². The molecule has 2 N–H and O–H groups in total. The van der Waals surface area contributed by atoms with Crippen molar-refractivity contribution in [3.63, 3.8) is 0 Å². The van der Waals surface area contributed by atoms with Crippen molar-refractivity contribution < 1.29 is 9.13 Å². The summed E-state index contributed by atoms with van der Waals surface area (Å²) in [5.74, 6) is 0.190. The summed E-state index contributed by atoms with van der Waals surface area (Å²) in [6.45, 7) is 0. The van der Waals surface area contributed by atoms with Gasteiger partial charge in [-0.05, 0) is 36.4 Å². The molecule has 0 aliphatic rings. The smallest absolute Gasteiger partial charge is 0.292 e. The molecule has 23 heavy (non-hydrogen) atoms. The van der Waals surface area contributed by atoms with Gasteiger partial charge < -0.3 is 4.74 Å². The maximum absolute atomic E-state index is 13.6. The van der Waals surface area contributed by atoms with Crippen LogP contribution in [-0.4, -0.2) is 17.3 Å². The van der Waals surface area contributed by atoms with Gasteiger partial charge in [0.25, 0.3) is 5.56 Å². The number of benzene rings is 2. The molecule has 0 fully saturated rings. The van der Waals surface area contributed by atoms with Gasteiger partial charge in [-0.25, -0.2) is 4.39 Å². The summed E-state index contributed by atoms with van der Waals surface area (Å²) in [5.41, 5.74) is 0.910. The van der Waals surface area contributed by atoms with Crippen molar-refractivity contribution in [1.82, 2.24) is 10.2 Å². The first-order valence-electron chi connectivity index (χ1n) is 6.80. The fraction of sp³-hybridized carbons (Fsp3) is 0.0625. The molecular weight excluding hydrogens is 299 g/mol. The Morgan fingerprint density at radius 2 is 1.74 bits per heavy atom. The number of rotatable bonds is 4. The molecule has 7 heteroatoms. The summed E-state index contributed by atoms with van der Waals surface area (Å²) in [4.78, 5) is 11.9. The van der Waals surface area contributed by atoms with E-state index in [-0.39, 0.29) is 11.4 Å². The lowest BCUT2D eigenvalue weighted by molar-refractivity contribution is 0.415. The third-order valence-electron chi connectivity index (χ3n) is 3.24. The number of azo groups is 1. The molecule has 0 amide bonds. The van der Waals surface area contributed by atoms with Crippen molar-refractivity contribution in [2.24, 2.45) is 10.2 Å². The van der Waals surface area contributed by atoms with Crippen LogP contribution in [0.1, 0.15) is 0 Å². The fourth-order valence-electron chi connectivity index (χ4n) is 2.05. The first-order valence-corrected chi connectivity index (χ1v) is 6.80. The van der Waals surface area contributed by atoms with Crippen LogP contribution in [0.3, 0.4) is 0 Å². The third kappa shape index (κ3) is 3.03. The van der Waals surface area contributed by atoms with Gasteiger partial charge in [0, 0.05) is 5.56 Å². The highest BCUT2D eigenvalue weighted by Gasteiger charge is 2.12. The lowest BCUT2D eigenvalue weighted by Gasteiger charge is -2.02. The molecule has 3 rings (SSSR count). The molecule has 0 aliphatic heterocycles. The second-order valence-corrected chi connectivity index (χ2v) is 4.68. The summed E-state index contributed by atoms with van der Waals surface area (Å²) in [5, 5.41) is 12.9. The zero-order valence-electron chi connectivity index (χ0n) is 12.2. The van der Waals surface area contributed by atoms with Gasteiger partial charge in [0.05, 0.1) is 12.8 Å². The zero-order valence-corrected chi connectivity index (χ0v) is 12.2. The SMILES string of the molecule is COc1ccc(-c2[nH][nH]c(=O)c2N=Nc2ccccc2F)cc1. The average molecular weight is 312 g/mol. The van der Waals surface area contributed by atoms with Gasteiger partial charge in [-0.1, -0.05) is 12.1 Å². The van der Waals surface area contributed by atoms with Crippen molar-refractivity contribution in [3.8, 4) is 17.0 Å². The van der Waals surface area contributed by atoms with E-state index in [1.165, 1.54) is 12.1 Å². The van der Waals surface area contributed by atoms with E-state index in [0.29, 0.717) is 11.4 Å². The van der Waals surface area contributed by atoms with E-state index in [1.54, 1.807) is 43.5 Å². The van der Waals surface area contributed by atoms with Gasteiger partial charge in [0.15, 0.2) is 11.5 Å². The minimum absolute atomic E-state index is 0.0637. The molecule has 0 atom stereocenters. The lowest BCUT2D eigenvalue weighted by Crippen LogP contribution is -1.96. The van der Waals surface area contributed by atoms with E-state index in [1.807, 2.05) is 0 Å². The maximum atomic E-state index is 13.6. The molecule has 3 aromatic rings. The molecule has 0 saturated heterocycles. The van der Waals surface area contributed by atoms with Crippen molar-refractivity contribution in [2.75, 3.05) is 7.11 Å². The van der Waals surface area contributed by atoms with Crippen molar-refractivity contribution >= 4 is 11.4 Å². The lowest BCUT2D eigenvalue weighted by atomic mass is 10.1. The van der Waals surface area contributed by atoms with Gasteiger partial charge in [-0.3, -0.25) is 15.0 Å². The second kappa shape index (κ2) is 6.27. The Bertz CT molecular complexity index is 897. The van der Waals surface area contributed by atoms with E-state index < -0.39 is 11.4 Å². The van der Waals surface area contributed by atoms with Crippen LogP contribution >= 0.6 is 0 Å². The first-order chi connectivity index (χ1) is 11.2. The number of methoxy groups -OCH3 is 1. The Balaban J connectivity index is 1.99. The topological polar surface area (TPSA) is 82.6 Å². The fourth-order valence-corrected chi connectivity index (χ4v) is 2.05. The van der Waals surface area contributed by atoms with E-state index in [0.717, 1.165) is 5.56 Å². The molecule has 0 saturated carbocycles. The van der Waals surface area contributed by atoms with Crippen LogP contribution < -0.4 is 10.3 Å². The molecule has 0 unspecified atom stereocenters. The summed E-state index contributed by atoms with van der Waals surface area (Å²) in [6.07, 6.45) is 0. The Hall–Kier alpha value is -3.22. The number of hydrogen-bond donors (Lipinski definition) is 2. The van der Waals surface area contributed by atoms with Gasteiger partial charge in [-0.15, -0.1) is 10.2 Å². The van der Waals surface area contributed by atoms with Crippen molar-refractivity contribution in [1.29, 1.82) is 0 Å². The number of nitrogens with one attached hydrogen (secondary N) is 2. The predicted octanol–water partition coefficient (Wildman–Crippen LogP) is 3.93. The number of halogens is 1. The first kappa shape index (κ1) is 14.7. The molecule has 0 bridgehead atoms. The third-order valence-corrected chi connectivity index (χ3v) is 3.24. The zero-order chi connectivity index (χ0) is 16.2. The summed E-state index contributed by atoms with van der Waals surface area (Å²) >= 11 is 0. The number of H-pyrrole nitrogens is 2. The highest BCUT2D eigenvalue weighted by molar-refractivity contribution is 5.71. The minimum Gasteiger partial charge on any atom is -0.497 e. The molecule has 116 valence electrons. The van der Waals surface area contributed by atoms with Crippen LogP contribution in [0.4, 0.5) is 15.8 Å². The summed E-state index contributed by atoms with van der Waals surface area (Å²) in [7, 11) is 1.57. The molecule has 1 heterocycles. The van der Waals surface area contributed by atoms with Crippen molar-refractivity contribution in [2.45, 2.75) is 0 Å². The Morgan fingerprint density at radius 1 is 1.00 bits per heavy atom. The predicted molar refractivity (Wildman–Crippen MR) is 84.0 cm³/mol. The Labute approximate surface area is 130 Å². The van der Waals surface area contributed by atoms with Crippen LogP contribution in [0, 0.1) is 5.82 Å². The van der Waals surface area contributed by atoms with E-state index >= 15 is 0 Å². The normalized spacial score (nSPS) is 11.0. The monoisotopic (exact) mass is 312 g/mol. The number of aromatic amines is 2. The maximum Gasteiger partial charge on any atom is 0.292 e. The average Bonchev–Trinajstić information content (AvgIpc) is 2.95. The van der Waals surface area contributed by atoms with Crippen LogP contribution in [0.15, 0.2) is 63.6 Å². The standard InChI is InChI=1S/C16H13FN4O2/c1-23-11-8-6-10(7-9-11)14-15(16(22)21-19-14)20-18-13-5-3-2-4-12(13)17/h2-9H,1H3,(H2,19,21,22). The number of hydrogen-bond acceptors (Lipinski definition) is 4. The summed E-state index contributed by atoms with van der Waals surface area (Å²) < 4.78 is 18.7. The minimum atomic E-state index is -0.505. The van der Waals surface area contributed by atoms with E-state index in [9.17, 15) is 9.18 Å². The van der Waals surface area contributed by atoms with Gasteiger partial charge in [0.2, 0.25) is 0 Å². The molecule has 0 radical (unpaired) electrons. The Kier molecular flexibility index (Phi) is 4.01. The molecule has 2 aromatic carbocycles. The Morgan fingerprint density at radius 3 is 2.43 bits per heavy atom. The van der Waals surface area contributed by atoms with Gasteiger partial charge in [0.1, 0.15) is 11.4 Å².